The lowest BCUT2D eigenvalue weighted by atomic mass is 9.67. The van der Waals surface area contributed by atoms with Crippen molar-refractivity contribution in [2.75, 3.05) is 0 Å². The van der Waals surface area contributed by atoms with Crippen molar-refractivity contribution >= 4 is 0 Å². The number of piperidine rings is 1. The van der Waals surface area contributed by atoms with E-state index in [1.807, 2.05) is 74.5 Å². The lowest BCUT2D eigenvalue weighted by molar-refractivity contribution is -0.0662. The van der Waals surface area contributed by atoms with E-state index in [1.54, 1.807) is 0 Å². The lowest BCUT2D eigenvalue weighted by Crippen LogP contribution is -2.56. The van der Waals surface area contributed by atoms with Gasteiger partial charge in [0.05, 0.1) is 6.07 Å². The molecule has 3 nitrogen and oxygen atoms in total. The molecule has 1 fully saturated rings. The summed E-state index contributed by atoms with van der Waals surface area (Å²) in [6, 6.07) is 22.2. The van der Waals surface area contributed by atoms with Gasteiger partial charge >= 0.3 is 0 Å². The molecule has 2 N–H and O–H groups in total. The van der Waals surface area contributed by atoms with Gasteiger partial charge in [0, 0.05) is 23.9 Å². The maximum absolute atomic E-state index is 11.1. The molecule has 1 aliphatic heterocycles. The highest BCUT2D eigenvalue weighted by Crippen LogP contribution is 2.46. The van der Waals surface area contributed by atoms with Gasteiger partial charge < -0.3 is 10.4 Å². The van der Waals surface area contributed by atoms with Gasteiger partial charge in [-0.05, 0) is 11.1 Å². The Morgan fingerprint density at radius 3 is 1.61 bits per heavy atom. The quantitative estimate of drug-likeness (QED) is 0.834. The predicted molar refractivity (Wildman–Crippen MR) is 90.4 cm³/mol. The van der Waals surface area contributed by atoms with Gasteiger partial charge in [-0.1, -0.05) is 74.5 Å². The van der Waals surface area contributed by atoms with Gasteiger partial charge in [-0.15, -0.1) is 0 Å². The number of benzene rings is 2. The first kappa shape index (κ1) is 15.7. The molecular weight excluding hydrogens is 284 g/mol. The summed E-state index contributed by atoms with van der Waals surface area (Å²) >= 11 is 0. The van der Waals surface area contributed by atoms with Crippen molar-refractivity contribution in [3.63, 3.8) is 0 Å². The van der Waals surface area contributed by atoms with Gasteiger partial charge in [-0.25, -0.2) is 0 Å². The average molecular weight is 306 g/mol. The Labute approximate surface area is 137 Å². The van der Waals surface area contributed by atoms with Gasteiger partial charge in [0.2, 0.25) is 0 Å². The van der Waals surface area contributed by atoms with E-state index in [4.69, 9.17) is 0 Å². The number of hydrogen-bond donors (Lipinski definition) is 2. The third kappa shape index (κ3) is 2.65. The number of rotatable bonds is 2. The van der Waals surface area contributed by atoms with E-state index in [1.165, 1.54) is 0 Å². The largest absolute Gasteiger partial charge is 0.375 e. The minimum Gasteiger partial charge on any atom is -0.375 e. The van der Waals surface area contributed by atoms with E-state index in [0.717, 1.165) is 11.1 Å². The predicted octanol–water partition coefficient (Wildman–Crippen LogP) is 3.60. The molecule has 0 aliphatic carbocycles. The molecule has 3 rings (SSSR count). The maximum Gasteiger partial charge on any atom is 0.159 e. The van der Waals surface area contributed by atoms with Crippen LogP contribution in [-0.2, 0) is 0 Å². The molecule has 0 bridgehead atoms. The fourth-order valence-electron chi connectivity index (χ4n) is 3.70. The maximum atomic E-state index is 11.1. The van der Waals surface area contributed by atoms with Crippen LogP contribution in [0.4, 0.5) is 0 Å². The van der Waals surface area contributed by atoms with E-state index in [-0.39, 0.29) is 23.9 Å². The zero-order valence-corrected chi connectivity index (χ0v) is 13.5. The fraction of sp³-hybridized carbons (Fsp3) is 0.350. The topological polar surface area (TPSA) is 56.0 Å². The third-order valence-electron chi connectivity index (χ3n) is 5.24. The summed E-state index contributed by atoms with van der Waals surface area (Å²) < 4.78 is 0. The molecule has 23 heavy (non-hydrogen) atoms. The lowest BCUT2D eigenvalue weighted by Gasteiger charge is -2.48. The van der Waals surface area contributed by atoms with Crippen molar-refractivity contribution in [2.45, 2.75) is 31.5 Å². The molecule has 3 heteroatoms. The molecule has 0 radical (unpaired) electrons. The van der Waals surface area contributed by atoms with Crippen molar-refractivity contribution in [1.82, 2.24) is 5.32 Å². The molecule has 0 spiro atoms. The van der Waals surface area contributed by atoms with Gasteiger partial charge in [0.1, 0.15) is 0 Å². The number of nitriles is 1. The second kappa shape index (κ2) is 6.16. The molecule has 1 saturated heterocycles. The minimum atomic E-state index is -1.37. The average Bonchev–Trinajstić information content (AvgIpc) is 2.61. The first-order valence-corrected chi connectivity index (χ1v) is 8.07. The second-order valence-corrected chi connectivity index (χ2v) is 6.46. The number of hydrogen-bond acceptors (Lipinski definition) is 3. The number of nitrogens with one attached hydrogen (secondary N) is 1. The monoisotopic (exact) mass is 306 g/mol. The Balaban J connectivity index is 2.04. The van der Waals surface area contributed by atoms with E-state index in [9.17, 15) is 10.4 Å². The third-order valence-corrected chi connectivity index (χ3v) is 5.24. The number of aliphatic hydroxyl groups is 1. The summed E-state index contributed by atoms with van der Waals surface area (Å²) in [6.07, 6.45) is 0. The van der Waals surface area contributed by atoms with Crippen LogP contribution in [0.2, 0.25) is 0 Å². The first-order valence-electron chi connectivity index (χ1n) is 8.07. The van der Waals surface area contributed by atoms with Gasteiger partial charge in [0.25, 0.3) is 0 Å². The van der Waals surface area contributed by atoms with Crippen LogP contribution in [0.25, 0.3) is 0 Å². The van der Waals surface area contributed by atoms with Crippen molar-refractivity contribution in [3.05, 3.63) is 71.8 Å². The summed E-state index contributed by atoms with van der Waals surface area (Å²) in [5, 5.41) is 24.4. The van der Waals surface area contributed by atoms with Crippen LogP contribution in [0.5, 0.6) is 0 Å². The van der Waals surface area contributed by atoms with Crippen LogP contribution in [0, 0.1) is 23.2 Å². The highest BCUT2D eigenvalue weighted by atomic mass is 16.3. The van der Waals surface area contributed by atoms with Crippen molar-refractivity contribution < 1.29 is 5.11 Å². The Hall–Kier alpha value is -2.15. The molecule has 0 amide bonds. The van der Waals surface area contributed by atoms with Crippen LogP contribution in [0.1, 0.15) is 37.1 Å². The van der Waals surface area contributed by atoms with E-state index >= 15 is 0 Å². The minimum absolute atomic E-state index is 0.0674. The van der Waals surface area contributed by atoms with Gasteiger partial charge in [-0.2, -0.15) is 5.26 Å². The zero-order valence-electron chi connectivity index (χ0n) is 13.5. The summed E-state index contributed by atoms with van der Waals surface area (Å²) in [6.45, 7) is 3.90. The van der Waals surface area contributed by atoms with Crippen LogP contribution in [0.15, 0.2) is 60.7 Å². The Kier molecular flexibility index (Phi) is 4.21. The van der Waals surface area contributed by atoms with Gasteiger partial charge in [0.15, 0.2) is 5.60 Å². The first-order chi connectivity index (χ1) is 11.1. The summed E-state index contributed by atoms with van der Waals surface area (Å²) in [5.74, 6) is -0.408. The molecule has 1 heterocycles. The molecule has 2 aromatic carbocycles. The molecular formula is C20H22N2O. The molecule has 118 valence electrons. The SMILES string of the molecule is C[C@@H]1[C@H](c2ccccc2)N[C@@H](c2ccccc2)[C@@H](C)C1(O)C#N. The molecule has 1 aliphatic rings. The summed E-state index contributed by atoms with van der Waals surface area (Å²) in [4.78, 5) is 0. The summed E-state index contributed by atoms with van der Waals surface area (Å²) in [7, 11) is 0. The Bertz CT molecular complexity index is 641. The van der Waals surface area contributed by atoms with E-state index in [0.29, 0.717) is 0 Å². The smallest absolute Gasteiger partial charge is 0.159 e. The standard InChI is InChI=1S/C20H22N2O/c1-14-18(16-9-5-3-6-10-16)22-19(15(2)20(14,23)13-21)17-11-7-4-8-12-17/h3-12,14-15,18-19,22-23H,1-2H3/t14-,15-,18-,19-/m1/s1. The van der Waals surface area contributed by atoms with Crippen molar-refractivity contribution in [3.8, 4) is 6.07 Å². The summed E-state index contributed by atoms with van der Waals surface area (Å²) in [5.41, 5.74) is 0.828. The van der Waals surface area contributed by atoms with Crippen LogP contribution in [-0.4, -0.2) is 10.7 Å². The van der Waals surface area contributed by atoms with E-state index < -0.39 is 5.60 Å². The Morgan fingerprint density at radius 1 is 0.870 bits per heavy atom. The van der Waals surface area contributed by atoms with Crippen LogP contribution >= 0.6 is 0 Å². The second-order valence-electron chi connectivity index (χ2n) is 6.46. The van der Waals surface area contributed by atoms with E-state index in [2.05, 4.69) is 11.4 Å². The highest BCUT2D eigenvalue weighted by molar-refractivity contribution is 5.30. The molecule has 4 atom stereocenters. The zero-order chi connectivity index (χ0) is 16.4. The number of nitrogens with zero attached hydrogens (tertiary/aromatic N) is 1. The Morgan fingerprint density at radius 2 is 1.26 bits per heavy atom. The van der Waals surface area contributed by atoms with Gasteiger partial charge in [-0.3, -0.25) is 0 Å². The highest BCUT2D eigenvalue weighted by Gasteiger charge is 2.51. The molecule has 0 unspecified atom stereocenters. The normalized spacial score (nSPS) is 33.8. The van der Waals surface area contributed by atoms with Crippen molar-refractivity contribution in [1.29, 1.82) is 5.26 Å². The molecule has 0 saturated carbocycles. The van der Waals surface area contributed by atoms with Crippen LogP contribution < -0.4 is 5.32 Å². The molecule has 2 aromatic rings. The fourth-order valence-corrected chi connectivity index (χ4v) is 3.70. The van der Waals surface area contributed by atoms with Crippen molar-refractivity contribution in [2.24, 2.45) is 11.8 Å². The van der Waals surface area contributed by atoms with Crippen LogP contribution in [0.3, 0.4) is 0 Å². The molecule has 0 aromatic heterocycles.